The Bertz CT molecular complexity index is 1070. The maximum atomic E-state index is 12.7. The van der Waals surface area contributed by atoms with E-state index in [0.29, 0.717) is 27.7 Å². The van der Waals surface area contributed by atoms with Crippen molar-refractivity contribution in [3.63, 3.8) is 0 Å². The molecule has 0 unspecified atom stereocenters. The van der Waals surface area contributed by atoms with E-state index < -0.39 is 15.7 Å². The summed E-state index contributed by atoms with van der Waals surface area (Å²) in [5.74, 6) is -0.823. The monoisotopic (exact) mass is 422 g/mol. The van der Waals surface area contributed by atoms with Crippen LogP contribution in [0.4, 0.5) is 11.4 Å². The zero-order valence-electron chi connectivity index (χ0n) is 15.3. The van der Waals surface area contributed by atoms with Gasteiger partial charge in [0, 0.05) is 12.5 Å². The quantitative estimate of drug-likeness (QED) is 0.770. The lowest BCUT2D eigenvalue weighted by molar-refractivity contribution is -0.118. The maximum Gasteiger partial charge on any atom is 0.262 e. The van der Waals surface area contributed by atoms with E-state index in [1.165, 1.54) is 6.07 Å². The topological polar surface area (TPSA) is 102 Å². The first-order chi connectivity index (χ1) is 13.2. The van der Waals surface area contributed by atoms with Crippen molar-refractivity contribution in [3.8, 4) is 5.75 Å². The van der Waals surface area contributed by atoms with Crippen LogP contribution in [0.15, 0.2) is 35.2 Å². The van der Waals surface area contributed by atoms with Gasteiger partial charge in [0.15, 0.2) is 16.4 Å². The third-order valence-electron chi connectivity index (χ3n) is 4.24. The van der Waals surface area contributed by atoms with Gasteiger partial charge in [0.25, 0.3) is 5.91 Å². The third kappa shape index (κ3) is 4.45. The molecule has 2 aromatic carbocycles. The van der Waals surface area contributed by atoms with Gasteiger partial charge in [0.2, 0.25) is 5.91 Å². The van der Waals surface area contributed by atoms with Crippen LogP contribution in [0.3, 0.4) is 0 Å². The Morgan fingerprint density at radius 3 is 2.71 bits per heavy atom. The summed E-state index contributed by atoms with van der Waals surface area (Å²) in [5.41, 5.74) is 2.28. The first-order valence-corrected chi connectivity index (χ1v) is 10.5. The highest BCUT2D eigenvalue weighted by atomic mass is 35.5. The van der Waals surface area contributed by atoms with Gasteiger partial charge in [-0.25, -0.2) is 8.42 Å². The Morgan fingerprint density at radius 2 is 2.00 bits per heavy atom. The molecule has 1 heterocycles. The van der Waals surface area contributed by atoms with Crippen molar-refractivity contribution in [2.24, 2.45) is 0 Å². The number of nitrogens with one attached hydrogen (secondary N) is 2. The highest BCUT2D eigenvalue weighted by molar-refractivity contribution is 7.91. The molecule has 1 aliphatic heterocycles. The minimum atomic E-state index is -3.73. The molecule has 0 aliphatic carbocycles. The molecule has 0 atom stereocenters. The zero-order chi connectivity index (χ0) is 20.5. The normalized spacial score (nSPS) is 13.3. The summed E-state index contributed by atoms with van der Waals surface area (Å²) in [6.07, 6.45) is -0.222. The van der Waals surface area contributed by atoms with E-state index in [-0.39, 0.29) is 29.6 Å². The second-order valence-electron chi connectivity index (χ2n) is 6.55. The van der Waals surface area contributed by atoms with E-state index in [4.69, 9.17) is 16.3 Å². The zero-order valence-corrected chi connectivity index (χ0v) is 16.9. The number of amides is 2. The molecule has 28 heavy (non-hydrogen) atoms. The number of benzene rings is 2. The van der Waals surface area contributed by atoms with Gasteiger partial charge >= 0.3 is 0 Å². The van der Waals surface area contributed by atoms with Crippen molar-refractivity contribution in [1.82, 2.24) is 0 Å². The highest BCUT2D eigenvalue weighted by Gasteiger charge is 2.24. The van der Waals surface area contributed by atoms with Crippen molar-refractivity contribution in [2.75, 3.05) is 23.0 Å². The van der Waals surface area contributed by atoms with Crippen LogP contribution >= 0.6 is 11.6 Å². The van der Waals surface area contributed by atoms with Gasteiger partial charge in [-0.2, -0.15) is 0 Å². The van der Waals surface area contributed by atoms with E-state index in [9.17, 15) is 18.0 Å². The number of anilines is 2. The average Bonchev–Trinajstić information content (AvgIpc) is 2.61. The summed E-state index contributed by atoms with van der Waals surface area (Å²) < 4.78 is 30.7. The highest BCUT2D eigenvalue weighted by Crippen LogP contribution is 2.33. The second kappa shape index (κ2) is 7.81. The molecule has 0 saturated heterocycles. The van der Waals surface area contributed by atoms with Crippen molar-refractivity contribution in [3.05, 3.63) is 46.5 Å². The van der Waals surface area contributed by atoms with E-state index in [1.54, 1.807) is 31.2 Å². The number of hydrogen-bond donors (Lipinski definition) is 2. The maximum absolute atomic E-state index is 12.7. The van der Waals surface area contributed by atoms with Crippen LogP contribution in [-0.4, -0.2) is 32.6 Å². The summed E-state index contributed by atoms with van der Waals surface area (Å²) in [4.78, 5) is 23.6. The molecule has 2 N–H and O–H groups in total. The van der Waals surface area contributed by atoms with Crippen LogP contribution < -0.4 is 15.4 Å². The van der Waals surface area contributed by atoms with Gasteiger partial charge in [-0.1, -0.05) is 17.7 Å². The standard InChI is InChI=1S/C19H19ClN2O5S/c1-11-3-4-14(13(20)7-11)21-18(23)5-6-28(25,26)17-9-16-15(8-12(17)2)22-19(24)10-27-16/h3-4,7-9H,5-6,10H2,1-2H3,(H,21,23)(H,22,24). The molecule has 0 saturated carbocycles. The van der Waals surface area contributed by atoms with E-state index >= 15 is 0 Å². The summed E-state index contributed by atoms with van der Waals surface area (Å²) >= 11 is 6.08. The van der Waals surface area contributed by atoms with Crippen LogP contribution in [0.1, 0.15) is 17.5 Å². The molecule has 1 aliphatic rings. The number of fused-ring (bicyclic) bond motifs is 1. The van der Waals surface area contributed by atoms with Crippen molar-refractivity contribution in [1.29, 1.82) is 0 Å². The molecular weight excluding hydrogens is 404 g/mol. The van der Waals surface area contributed by atoms with Gasteiger partial charge < -0.3 is 15.4 Å². The molecule has 0 aromatic heterocycles. The Labute approximate surface area is 168 Å². The lowest BCUT2D eigenvalue weighted by Gasteiger charge is -2.20. The van der Waals surface area contributed by atoms with E-state index in [2.05, 4.69) is 10.6 Å². The lowest BCUT2D eigenvalue weighted by atomic mass is 10.2. The number of sulfone groups is 1. The minimum absolute atomic E-state index is 0.0727. The van der Waals surface area contributed by atoms with Crippen LogP contribution in [0.25, 0.3) is 0 Å². The first-order valence-electron chi connectivity index (χ1n) is 8.52. The second-order valence-corrected chi connectivity index (χ2v) is 9.04. The SMILES string of the molecule is Cc1ccc(NC(=O)CCS(=O)(=O)c2cc3c(cc2C)NC(=O)CO3)c(Cl)c1. The van der Waals surface area contributed by atoms with Gasteiger partial charge in [-0.05, 0) is 43.2 Å². The van der Waals surface area contributed by atoms with Gasteiger partial charge in [-0.3, -0.25) is 9.59 Å². The molecule has 0 radical (unpaired) electrons. The minimum Gasteiger partial charge on any atom is -0.482 e. The van der Waals surface area contributed by atoms with Gasteiger partial charge in [0.05, 0.1) is 27.0 Å². The Hall–Kier alpha value is -2.58. The molecule has 7 nitrogen and oxygen atoms in total. The number of aryl methyl sites for hydroxylation is 2. The van der Waals surface area contributed by atoms with Crippen molar-refractivity contribution in [2.45, 2.75) is 25.2 Å². The van der Waals surface area contributed by atoms with Crippen LogP contribution in [0.2, 0.25) is 5.02 Å². The van der Waals surface area contributed by atoms with E-state index in [1.807, 2.05) is 6.92 Å². The third-order valence-corrected chi connectivity index (χ3v) is 6.41. The fourth-order valence-electron chi connectivity index (χ4n) is 2.82. The largest absolute Gasteiger partial charge is 0.482 e. The molecular formula is C19H19ClN2O5S. The Kier molecular flexibility index (Phi) is 5.62. The Balaban J connectivity index is 1.71. The smallest absolute Gasteiger partial charge is 0.262 e. The Morgan fingerprint density at radius 1 is 1.25 bits per heavy atom. The molecule has 2 amide bonds. The fourth-order valence-corrected chi connectivity index (χ4v) is 4.61. The molecule has 2 aromatic rings. The summed E-state index contributed by atoms with van der Waals surface area (Å²) in [6, 6.07) is 8.11. The molecule has 3 rings (SSSR count). The van der Waals surface area contributed by atoms with Crippen LogP contribution in [-0.2, 0) is 19.4 Å². The predicted octanol–water partition coefficient (Wildman–Crippen LogP) is 3.09. The number of carbonyl (C=O) groups excluding carboxylic acids is 2. The van der Waals surface area contributed by atoms with Gasteiger partial charge in [-0.15, -0.1) is 0 Å². The molecule has 0 bridgehead atoms. The van der Waals surface area contributed by atoms with Crippen LogP contribution in [0.5, 0.6) is 5.75 Å². The molecule has 9 heteroatoms. The molecule has 148 valence electrons. The predicted molar refractivity (Wildman–Crippen MR) is 107 cm³/mol. The number of ether oxygens (including phenoxy) is 1. The van der Waals surface area contributed by atoms with Crippen LogP contribution in [0, 0.1) is 13.8 Å². The lowest BCUT2D eigenvalue weighted by Crippen LogP contribution is -2.26. The van der Waals surface area contributed by atoms with Crippen molar-refractivity contribution >= 4 is 44.6 Å². The summed E-state index contributed by atoms with van der Waals surface area (Å²) in [5, 5.41) is 5.64. The van der Waals surface area contributed by atoms with Gasteiger partial charge in [0.1, 0.15) is 5.75 Å². The summed E-state index contributed by atoms with van der Waals surface area (Å²) in [6.45, 7) is 3.33. The fraction of sp³-hybridized carbons (Fsp3) is 0.263. The average molecular weight is 423 g/mol. The number of rotatable bonds is 5. The molecule has 0 fully saturated rings. The number of carbonyl (C=O) groups is 2. The van der Waals surface area contributed by atoms with E-state index in [0.717, 1.165) is 5.56 Å². The number of hydrogen-bond acceptors (Lipinski definition) is 5. The molecule has 0 spiro atoms. The first kappa shape index (κ1) is 20.2. The summed E-state index contributed by atoms with van der Waals surface area (Å²) in [7, 11) is -3.73. The number of halogens is 1. The van der Waals surface area contributed by atoms with Crippen molar-refractivity contribution < 1.29 is 22.7 Å².